The van der Waals surface area contributed by atoms with Crippen LogP contribution in [0.25, 0.3) is 0 Å². The highest BCUT2D eigenvalue weighted by Gasteiger charge is 2.13. The van der Waals surface area contributed by atoms with Crippen LogP contribution in [0.4, 0.5) is 0 Å². The lowest BCUT2D eigenvalue weighted by Gasteiger charge is -2.06. The Morgan fingerprint density at radius 3 is 2.62 bits per heavy atom. The smallest absolute Gasteiger partial charge is 0.169 e. The molecule has 16 heavy (non-hydrogen) atoms. The molecule has 0 spiro atoms. The fourth-order valence-electron chi connectivity index (χ4n) is 1.33. The van der Waals surface area contributed by atoms with E-state index < -0.39 is 6.10 Å². The molecule has 0 aromatic carbocycles. The van der Waals surface area contributed by atoms with E-state index in [-0.39, 0.29) is 0 Å². The molecule has 2 aromatic rings. The average Bonchev–Trinajstić information content (AvgIpc) is 2.68. The number of nitrogens with zero attached hydrogens (tertiary/aromatic N) is 1. The quantitative estimate of drug-likeness (QED) is 0.925. The molecule has 0 aliphatic heterocycles. The van der Waals surface area contributed by atoms with Crippen molar-refractivity contribution < 1.29 is 9.52 Å². The van der Waals surface area contributed by atoms with E-state index in [9.17, 15) is 5.11 Å². The second kappa shape index (κ2) is 5.12. The first kappa shape index (κ1) is 11.8. The lowest BCUT2D eigenvalue weighted by atomic mass is 10.1. The first-order chi connectivity index (χ1) is 7.65. The second-order valence-electron chi connectivity index (χ2n) is 3.33. The summed E-state index contributed by atoms with van der Waals surface area (Å²) in [5.41, 5.74) is 0.822. The van der Waals surface area contributed by atoms with Crippen molar-refractivity contribution in [3.05, 3.63) is 51.1 Å². The molecule has 0 fully saturated rings. The Kier molecular flexibility index (Phi) is 3.78. The van der Waals surface area contributed by atoms with Gasteiger partial charge in [-0.15, -0.1) is 0 Å². The van der Waals surface area contributed by atoms with Crippen molar-refractivity contribution >= 4 is 31.9 Å². The van der Waals surface area contributed by atoms with Gasteiger partial charge in [0.05, 0.1) is 0 Å². The summed E-state index contributed by atoms with van der Waals surface area (Å²) in [5, 5.41) is 9.89. The topological polar surface area (TPSA) is 46.3 Å². The van der Waals surface area contributed by atoms with Crippen LogP contribution in [0.15, 0.2) is 44.0 Å². The van der Waals surface area contributed by atoms with Crippen LogP contribution in [0.3, 0.4) is 0 Å². The molecule has 2 heterocycles. The van der Waals surface area contributed by atoms with Gasteiger partial charge in [-0.1, -0.05) is 0 Å². The summed E-state index contributed by atoms with van der Waals surface area (Å²) >= 11 is 6.51. The van der Waals surface area contributed by atoms with Gasteiger partial charge in [-0.25, -0.2) is 0 Å². The average molecular weight is 347 g/mol. The number of aliphatic hydroxyl groups excluding tert-OH is 1. The Hall–Kier alpha value is -0.650. The molecule has 0 amide bonds. The Morgan fingerprint density at radius 1 is 1.25 bits per heavy atom. The predicted octanol–water partition coefficient (Wildman–Crippen LogP) is 3.48. The van der Waals surface area contributed by atoms with Crippen molar-refractivity contribution in [2.45, 2.75) is 12.5 Å². The number of rotatable bonds is 3. The fraction of sp³-hybridized carbons (Fsp3) is 0.182. The molecule has 84 valence electrons. The maximum Gasteiger partial charge on any atom is 0.169 e. The zero-order valence-electron chi connectivity index (χ0n) is 8.23. The largest absolute Gasteiger partial charge is 0.452 e. The number of pyridine rings is 1. The lowest BCUT2D eigenvalue weighted by molar-refractivity contribution is 0.147. The molecular weight excluding hydrogens is 338 g/mol. The first-order valence-electron chi connectivity index (χ1n) is 4.69. The molecule has 3 nitrogen and oxygen atoms in total. The number of halogens is 2. The van der Waals surface area contributed by atoms with Gasteiger partial charge in [0.25, 0.3) is 0 Å². The first-order valence-corrected chi connectivity index (χ1v) is 6.27. The van der Waals surface area contributed by atoms with Crippen molar-refractivity contribution in [2.75, 3.05) is 0 Å². The third-order valence-electron chi connectivity index (χ3n) is 2.11. The standard InChI is InChI=1S/C11H9Br2NO2/c12-7-1-2-8(14-6-7)5-9(15)10-3-4-11(13)16-10/h1-4,6,9,15H,5H2. The van der Waals surface area contributed by atoms with Gasteiger partial charge in [0.15, 0.2) is 4.67 Å². The molecule has 0 aliphatic carbocycles. The van der Waals surface area contributed by atoms with Crippen LogP contribution in [0, 0.1) is 0 Å². The second-order valence-corrected chi connectivity index (χ2v) is 5.03. The monoisotopic (exact) mass is 345 g/mol. The van der Waals surface area contributed by atoms with Gasteiger partial charge >= 0.3 is 0 Å². The lowest BCUT2D eigenvalue weighted by Crippen LogP contribution is -2.01. The minimum atomic E-state index is -0.667. The van der Waals surface area contributed by atoms with E-state index in [1.54, 1.807) is 18.3 Å². The summed E-state index contributed by atoms with van der Waals surface area (Å²) in [6, 6.07) is 7.26. The molecule has 0 bridgehead atoms. The molecule has 0 saturated heterocycles. The van der Waals surface area contributed by atoms with Gasteiger partial charge in [-0.3, -0.25) is 4.98 Å². The number of hydrogen-bond donors (Lipinski definition) is 1. The predicted molar refractivity (Wildman–Crippen MR) is 67.0 cm³/mol. The van der Waals surface area contributed by atoms with Crippen LogP contribution in [-0.2, 0) is 6.42 Å². The zero-order chi connectivity index (χ0) is 11.5. The Balaban J connectivity index is 2.07. The van der Waals surface area contributed by atoms with Gasteiger partial charge in [-0.2, -0.15) is 0 Å². The van der Waals surface area contributed by atoms with Crippen LogP contribution in [0.2, 0.25) is 0 Å². The number of hydrogen-bond acceptors (Lipinski definition) is 3. The maximum absolute atomic E-state index is 9.89. The zero-order valence-corrected chi connectivity index (χ0v) is 11.4. The summed E-state index contributed by atoms with van der Waals surface area (Å²) in [6.45, 7) is 0. The third kappa shape index (κ3) is 2.93. The van der Waals surface area contributed by atoms with Gasteiger partial charge in [0.2, 0.25) is 0 Å². The van der Waals surface area contributed by atoms with E-state index in [1.165, 1.54) is 0 Å². The van der Waals surface area contributed by atoms with Crippen LogP contribution < -0.4 is 0 Å². The molecule has 0 radical (unpaired) electrons. The van der Waals surface area contributed by atoms with Crippen molar-refractivity contribution in [2.24, 2.45) is 0 Å². The molecule has 5 heteroatoms. The fourth-order valence-corrected chi connectivity index (χ4v) is 1.89. The van der Waals surface area contributed by atoms with E-state index in [1.807, 2.05) is 12.1 Å². The summed E-state index contributed by atoms with van der Waals surface area (Å²) in [7, 11) is 0. The minimum Gasteiger partial charge on any atom is -0.452 e. The molecule has 0 aliphatic rings. The normalized spacial score (nSPS) is 12.7. The molecule has 2 rings (SSSR count). The summed E-state index contributed by atoms with van der Waals surface area (Å²) in [5.74, 6) is 0.539. The number of furan rings is 1. The van der Waals surface area contributed by atoms with Gasteiger partial charge in [0, 0.05) is 22.8 Å². The maximum atomic E-state index is 9.89. The Morgan fingerprint density at radius 2 is 2.06 bits per heavy atom. The van der Waals surface area contributed by atoms with Crippen molar-refractivity contribution in [3.8, 4) is 0 Å². The van der Waals surface area contributed by atoms with Crippen LogP contribution in [-0.4, -0.2) is 10.1 Å². The molecule has 1 atom stereocenters. The number of aliphatic hydroxyl groups is 1. The molecular formula is C11H9Br2NO2. The third-order valence-corrected chi connectivity index (χ3v) is 3.01. The SMILES string of the molecule is OC(Cc1ccc(Br)cn1)c1ccc(Br)o1. The highest BCUT2D eigenvalue weighted by Crippen LogP contribution is 2.23. The highest BCUT2D eigenvalue weighted by atomic mass is 79.9. The highest BCUT2D eigenvalue weighted by molar-refractivity contribution is 9.10. The molecule has 2 aromatic heterocycles. The number of aromatic nitrogens is 1. The Bertz CT molecular complexity index is 467. The molecule has 1 N–H and O–H groups in total. The van der Waals surface area contributed by atoms with E-state index in [0.717, 1.165) is 10.2 Å². The van der Waals surface area contributed by atoms with Crippen LogP contribution in [0.5, 0.6) is 0 Å². The van der Waals surface area contributed by atoms with Gasteiger partial charge < -0.3 is 9.52 Å². The van der Waals surface area contributed by atoms with E-state index in [0.29, 0.717) is 16.9 Å². The summed E-state index contributed by atoms with van der Waals surface area (Å²) in [6.07, 6.45) is 1.48. The van der Waals surface area contributed by atoms with Crippen molar-refractivity contribution in [3.63, 3.8) is 0 Å². The van der Waals surface area contributed by atoms with Crippen molar-refractivity contribution in [1.82, 2.24) is 4.98 Å². The van der Waals surface area contributed by atoms with E-state index in [4.69, 9.17) is 4.42 Å². The summed E-state index contributed by atoms with van der Waals surface area (Å²) in [4.78, 5) is 4.19. The minimum absolute atomic E-state index is 0.438. The van der Waals surface area contributed by atoms with E-state index in [2.05, 4.69) is 36.8 Å². The van der Waals surface area contributed by atoms with E-state index >= 15 is 0 Å². The van der Waals surface area contributed by atoms with Crippen molar-refractivity contribution in [1.29, 1.82) is 0 Å². The van der Waals surface area contributed by atoms with Crippen LogP contribution >= 0.6 is 31.9 Å². The molecule has 0 saturated carbocycles. The van der Waals surface area contributed by atoms with Gasteiger partial charge in [0.1, 0.15) is 11.9 Å². The van der Waals surface area contributed by atoms with Crippen LogP contribution in [0.1, 0.15) is 17.6 Å². The molecule has 1 unspecified atom stereocenters. The Labute approximate surface area is 110 Å². The summed E-state index contributed by atoms with van der Waals surface area (Å²) < 4.78 is 6.81. The van der Waals surface area contributed by atoms with Gasteiger partial charge in [-0.05, 0) is 56.1 Å².